The molecule has 2 aliphatic rings. The second kappa shape index (κ2) is 11.3. The van der Waals surface area contributed by atoms with Crippen LogP contribution in [-0.2, 0) is 6.42 Å². The average molecular weight is 491 g/mol. The van der Waals surface area contributed by atoms with Crippen LogP contribution in [0.15, 0.2) is 66.9 Å². The van der Waals surface area contributed by atoms with E-state index in [1.807, 2.05) is 36.4 Å². The van der Waals surface area contributed by atoms with Crippen LogP contribution < -0.4 is 9.47 Å². The molecule has 0 radical (unpaired) electrons. The Morgan fingerprint density at radius 2 is 1.91 bits per heavy atom. The fraction of sp³-hybridized carbons (Fsp3) is 0.345. The molecule has 2 aliphatic heterocycles. The minimum absolute atomic E-state index is 0.0241. The Kier molecular flexibility index (Phi) is 7.67. The minimum atomic E-state index is -0.0241. The van der Waals surface area contributed by atoms with E-state index in [1.54, 1.807) is 6.20 Å². The summed E-state index contributed by atoms with van der Waals surface area (Å²) in [7, 11) is 0. The van der Waals surface area contributed by atoms with Gasteiger partial charge in [-0.3, -0.25) is 0 Å². The largest absolute Gasteiger partial charge is 0.491 e. The van der Waals surface area contributed by atoms with Crippen LogP contribution in [0.5, 0.6) is 17.4 Å². The molecule has 3 aromatic rings. The lowest BCUT2D eigenvalue weighted by Crippen LogP contribution is -2.33. The maximum absolute atomic E-state index is 9.23. The summed E-state index contributed by atoms with van der Waals surface area (Å²) in [6.45, 7) is 3.48. The Balaban J connectivity index is 1.27. The summed E-state index contributed by atoms with van der Waals surface area (Å²) in [5.74, 6) is 2.75. The molecular weight excluding hydrogens is 460 g/mol. The van der Waals surface area contributed by atoms with E-state index in [0.29, 0.717) is 18.2 Å². The molecule has 0 spiro atoms. The molecule has 1 saturated heterocycles. The molecule has 0 atom stereocenters. The number of benzene rings is 2. The monoisotopic (exact) mass is 490 g/mol. The third-order valence-corrected chi connectivity index (χ3v) is 7.15. The molecule has 1 aromatic heterocycles. The number of nitrogens with zero attached hydrogens (tertiary/aromatic N) is 2. The van der Waals surface area contributed by atoms with Crippen LogP contribution in [0.4, 0.5) is 0 Å². The Bertz CT molecular complexity index is 1170. The number of rotatable bonds is 7. The molecule has 0 unspecified atom stereocenters. The number of aromatic nitrogens is 1. The number of aliphatic hydroxyl groups excluding tert-OH is 1. The first-order chi connectivity index (χ1) is 17.2. The van der Waals surface area contributed by atoms with Crippen molar-refractivity contribution in [3.63, 3.8) is 0 Å². The summed E-state index contributed by atoms with van der Waals surface area (Å²) in [5.41, 5.74) is 4.62. The molecule has 0 saturated carbocycles. The van der Waals surface area contributed by atoms with Gasteiger partial charge in [0.15, 0.2) is 0 Å². The van der Waals surface area contributed by atoms with E-state index in [9.17, 15) is 5.11 Å². The number of aliphatic hydroxyl groups is 1. The highest BCUT2D eigenvalue weighted by molar-refractivity contribution is 6.30. The molecule has 1 fully saturated rings. The number of hydrogen-bond acceptors (Lipinski definition) is 5. The molecule has 5 rings (SSSR count). The van der Waals surface area contributed by atoms with Crippen molar-refractivity contribution in [3.8, 4) is 17.4 Å². The van der Waals surface area contributed by atoms with Crippen LogP contribution in [0, 0.1) is 0 Å². The zero-order valence-corrected chi connectivity index (χ0v) is 20.6. The first kappa shape index (κ1) is 23.9. The molecule has 6 heteroatoms. The molecule has 2 aromatic carbocycles. The maximum Gasteiger partial charge on any atom is 0.226 e. The van der Waals surface area contributed by atoms with Crippen LogP contribution in [0.2, 0.25) is 5.02 Å². The van der Waals surface area contributed by atoms with Crippen molar-refractivity contribution in [1.29, 1.82) is 0 Å². The van der Waals surface area contributed by atoms with Gasteiger partial charge in [0.1, 0.15) is 18.1 Å². The van der Waals surface area contributed by atoms with E-state index in [2.05, 4.69) is 34.2 Å². The second-order valence-corrected chi connectivity index (χ2v) is 9.56. The Labute approximate surface area is 212 Å². The van der Waals surface area contributed by atoms with Gasteiger partial charge in [-0.1, -0.05) is 35.9 Å². The molecule has 35 heavy (non-hydrogen) atoms. The van der Waals surface area contributed by atoms with Crippen molar-refractivity contribution in [2.24, 2.45) is 0 Å². The van der Waals surface area contributed by atoms with Gasteiger partial charge in [0, 0.05) is 35.3 Å². The fourth-order valence-corrected chi connectivity index (χ4v) is 5.17. The minimum Gasteiger partial charge on any atom is -0.491 e. The van der Waals surface area contributed by atoms with Gasteiger partial charge in [0.25, 0.3) is 0 Å². The van der Waals surface area contributed by atoms with Crippen molar-refractivity contribution in [3.05, 3.63) is 88.6 Å². The quantitative estimate of drug-likeness (QED) is 0.433. The maximum atomic E-state index is 9.23. The predicted octanol–water partition coefficient (Wildman–Crippen LogP) is 6.11. The Morgan fingerprint density at radius 3 is 2.71 bits per heavy atom. The summed E-state index contributed by atoms with van der Waals surface area (Å²) < 4.78 is 12.0. The van der Waals surface area contributed by atoms with Gasteiger partial charge in [0.05, 0.1) is 6.61 Å². The normalized spacial score (nSPS) is 17.4. The average Bonchev–Trinajstić information content (AvgIpc) is 3.05. The summed E-state index contributed by atoms with van der Waals surface area (Å²) in [6, 6.07) is 18.2. The zero-order valence-electron chi connectivity index (χ0n) is 19.8. The lowest BCUT2D eigenvalue weighted by molar-refractivity contribution is 0.200. The number of halogens is 1. The van der Waals surface area contributed by atoms with Gasteiger partial charge in [-0.05, 0) is 85.8 Å². The Morgan fingerprint density at radius 1 is 1.09 bits per heavy atom. The number of piperidine rings is 1. The van der Waals surface area contributed by atoms with E-state index >= 15 is 0 Å². The third kappa shape index (κ3) is 5.69. The van der Waals surface area contributed by atoms with Crippen molar-refractivity contribution >= 4 is 17.2 Å². The molecular formula is C29H31ClN2O3. The number of pyridine rings is 1. The lowest BCUT2D eigenvalue weighted by Gasteiger charge is -2.32. The molecule has 1 N–H and O–H groups in total. The van der Waals surface area contributed by atoms with Crippen LogP contribution in [0.1, 0.15) is 41.9 Å². The van der Waals surface area contributed by atoms with Crippen LogP contribution in [0.25, 0.3) is 5.57 Å². The standard InChI is InChI=1S/C29H31ClN2O3/c30-24-10-8-21(9-11-24)22-12-16-32(17-13-22)15-3-4-23-20-26-27(34-19-18-33)6-1-7-28(26)35-29-25(23)5-2-14-31-29/h1-2,4-11,14,22,33H,3,12-13,15-20H2. The van der Waals surface area contributed by atoms with Crippen LogP contribution >= 0.6 is 11.6 Å². The number of allylic oxidation sites excluding steroid dienone is 1. The van der Waals surface area contributed by atoms with Crippen LogP contribution in [0.3, 0.4) is 0 Å². The van der Waals surface area contributed by atoms with Crippen LogP contribution in [-0.4, -0.2) is 47.8 Å². The van der Waals surface area contributed by atoms with Gasteiger partial charge in [-0.15, -0.1) is 0 Å². The van der Waals surface area contributed by atoms with E-state index in [1.165, 1.54) is 24.0 Å². The predicted molar refractivity (Wildman–Crippen MR) is 139 cm³/mol. The van der Waals surface area contributed by atoms with Gasteiger partial charge in [0.2, 0.25) is 5.88 Å². The van der Waals surface area contributed by atoms with Gasteiger partial charge in [-0.2, -0.15) is 0 Å². The highest BCUT2D eigenvalue weighted by Crippen LogP contribution is 2.41. The smallest absolute Gasteiger partial charge is 0.226 e. The van der Waals surface area contributed by atoms with E-state index in [4.69, 9.17) is 21.1 Å². The molecule has 0 bridgehead atoms. The van der Waals surface area contributed by atoms with Crippen molar-refractivity contribution in [2.45, 2.75) is 31.6 Å². The van der Waals surface area contributed by atoms with Crippen molar-refractivity contribution < 1.29 is 14.6 Å². The molecule has 0 amide bonds. The summed E-state index contributed by atoms with van der Waals surface area (Å²) in [6.07, 6.45) is 8.11. The van der Waals surface area contributed by atoms with Gasteiger partial charge < -0.3 is 19.5 Å². The third-order valence-electron chi connectivity index (χ3n) is 6.89. The molecule has 5 nitrogen and oxygen atoms in total. The summed E-state index contributed by atoms with van der Waals surface area (Å²) >= 11 is 6.05. The van der Waals surface area contributed by atoms with E-state index in [-0.39, 0.29) is 13.2 Å². The van der Waals surface area contributed by atoms with E-state index in [0.717, 1.165) is 53.7 Å². The van der Waals surface area contributed by atoms with Crippen molar-refractivity contribution in [2.75, 3.05) is 32.8 Å². The first-order valence-corrected chi connectivity index (χ1v) is 12.7. The first-order valence-electron chi connectivity index (χ1n) is 12.4. The number of hydrogen-bond donors (Lipinski definition) is 1. The number of fused-ring (bicyclic) bond motifs is 2. The second-order valence-electron chi connectivity index (χ2n) is 9.13. The number of likely N-dealkylation sites (tertiary alicyclic amines) is 1. The topological polar surface area (TPSA) is 54.8 Å². The SMILES string of the molecule is OCCOc1cccc2c1CC(=CCCN1CCC(c3ccc(Cl)cc3)CC1)c1cccnc1O2. The Hall–Kier alpha value is -2.86. The molecule has 3 heterocycles. The zero-order chi connectivity index (χ0) is 24.0. The van der Waals surface area contributed by atoms with E-state index < -0.39 is 0 Å². The fourth-order valence-electron chi connectivity index (χ4n) is 5.04. The summed E-state index contributed by atoms with van der Waals surface area (Å²) in [4.78, 5) is 7.06. The summed E-state index contributed by atoms with van der Waals surface area (Å²) in [5, 5.41) is 10.0. The van der Waals surface area contributed by atoms with Crippen molar-refractivity contribution in [1.82, 2.24) is 9.88 Å². The lowest BCUT2D eigenvalue weighted by atomic mass is 9.89. The highest BCUT2D eigenvalue weighted by atomic mass is 35.5. The molecule has 0 aliphatic carbocycles. The highest BCUT2D eigenvalue weighted by Gasteiger charge is 2.23. The number of ether oxygens (including phenoxy) is 2. The van der Waals surface area contributed by atoms with Gasteiger partial charge in [-0.25, -0.2) is 4.98 Å². The molecule has 182 valence electrons. The van der Waals surface area contributed by atoms with Gasteiger partial charge >= 0.3 is 0 Å².